The van der Waals surface area contributed by atoms with Crippen LogP contribution in [0, 0.1) is 0 Å². The molecule has 0 heterocycles. The van der Waals surface area contributed by atoms with E-state index >= 15 is 0 Å². The van der Waals surface area contributed by atoms with Crippen LogP contribution >= 0.6 is 7.14 Å². The highest BCUT2D eigenvalue weighted by atomic mass is 31.2. The van der Waals surface area contributed by atoms with Crippen LogP contribution in [-0.4, -0.2) is 7.11 Å². The predicted molar refractivity (Wildman–Crippen MR) is 96.5 cm³/mol. The van der Waals surface area contributed by atoms with Crippen molar-refractivity contribution in [3.8, 4) is 5.75 Å². The first-order valence-electron chi connectivity index (χ1n) is 7.56. The molecular formula is C20H19O2P. The summed E-state index contributed by atoms with van der Waals surface area (Å²) in [6, 6.07) is 27.3. The second kappa shape index (κ2) is 6.85. The Labute approximate surface area is 137 Å². The van der Waals surface area contributed by atoms with Gasteiger partial charge < -0.3 is 9.30 Å². The first-order chi connectivity index (χ1) is 11.2. The van der Waals surface area contributed by atoms with Gasteiger partial charge in [-0.3, -0.25) is 0 Å². The largest absolute Gasteiger partial charge is 0.496 e. The Morgan fingerprint density at radius 1 is 0.783 bits per heavy atom. The summed E-state index contributed by atoms with van der Waals surface area (Å²) in [5.74, 6) is 0.676. The van der Waals surface area contributed by atoms with E-state index in [1.165, 1.54) is 0 Å². The SMILES string of the molecule is COc1ccccc1[P@@](=O)(Cc1ccccc1)c1ccccc1. The second-order valence-corrected chi connectivity index (χ2v) is 8.18. The Bertz CT molecular complexity index is 813. The highest BCUT2D eigenvalue weighted by molar-refractivity contribution is 7.78. The summed E-state index contributed by atoms with van der Waals surface area (Å²) >= 11 is 0. The van der Waals surface area contributed by atoms with E-state index in [9.17, 15) is 4.57 Å². The van der Waals surface area contributed by atoms with Crippen LogP contribution in [-0.2, 0) is 10.7 Å². The quantitative estimate of drug-likeness (QED) is 0.658. The number of hydrogen-bond donors (Lipinski definition) is 0. The van der Waals surface area contributed by atoms with E-state index in [0.29, 0.717) is 11.9 Å². The molecule has 0 saturated carbocycles. The highest BCUT2D eigenvalue weighted by Gasteiger charge is 2.30. The zero-order valence-corrected chi connectivity index (χ0v) is 13.9. The van der Waals surface area contributed by atoms with Gasteiger partial charge >= 0.3 is 0 Å². The van der Waals surface area contributed by atoms with Gasteiger partial charge in [0.05, 0.1) is 12.4 Å². The Morgan fingerprint density at radius 3 is 2.00 bits per heavy atom. The minimum atomic E-state index is -2.83. The minimum Gasteiger partial charge on any atom is -0.496 e. The van der Waals surface area contributed by atoms with E-state index in [1.54, 1.807) is 7.11 Å². The molecule has 0 aliphatic carbocycles. The van der Waals surface area contributed by atoms with Crippen LogP contribution in [0.4, 0.5) is 0 Å². The average molecular weight is 322 g/mol. The number of hydrogen-bond acceptors (Lipinski definition) is 2. The van der Waals surface area contributed by atoms with Crippen LogP contribution in [0.2, 0.25) is 0 Å². The fourth-order valence-corrected chi connectivity index (χ4v) is 5.61. The lowest BCUT2D eigenvalue weighted by Gasteiger charge is -2.21. The van der Waals surface area contributed by atoms with Crippen molar-refractivity contribution in [3.63, 3.8) is 0 Å². The van der Waals surface area contributed by atoms with Crippen molar-refractivity contribution in [1.29, 1.82) is 0 Å². The Morgan fingerprint density at radius 2 is 1.35 bits per heavy atom. The van der Waals surface area contributed by atoms with Crippen molar-refractivity contribution < 1.29 is 9.30 Å². The van der Waals surface area contributed by atoms with Gasteiger partial charge in [-0.2, -0.15) is 0 Å². The molecule has 3 aromatic rings. The molecule has 0 aliphatic rings. The molecule has 0 spiro atoms. The zero-order valence-electron chi connectivity index (χ0n) is 13.1. The molecule has 3 aromatic carbocycles. The molecule has 0 N–H and O–H groups in total. The number of para-hydroxylation sites is 1. The standard InChI is InChI=1S/C20H19O2P/c1-22-19-14-8-9-15-20(19)23(21,18-12-6-3-7-13-18)16-17-10-4-2-5-11-17/h2-15H,16H2,1H3/t23-/m1/s1. The molecule has 0 unspecified atom stereocenters. The first kappa shape index (κ1) is 15.6. The van der Waals surface area contributed by atoms with E-state index in [2.05, 4.69) is 0 Å². The van der Waals surface area contributed by atoms with Gasteiger partial charge in [0.15, 0.2) is 7.14 Å². The second-order valence-electron chi connectivity index (χ2n) is 5.39. The third kappa shape index (κ3) is 3.23. The fraction of sp³-hybridized carbons (Fsp3) is 0.100. The van der Waals surface area contributed by atoms with Crippen molar-refractivity contribution in [1.82, 2.24) is 0 Å². The summed E-state index contributed by atoms with van der Waals surface area (Å²) in [6.07, 6.45) is 0.484. The van der Waals surface area contributed by atoms with Gasteiger partial charge in [-0.1, -0.05) is 72.8 Å². The maximum atomic E-state index is 14.1. The molecule has 23 heavy (non-hydrogen) atoms. The topological polar surface area (TPSA) is 26.3 Å². The Balaban J connectivity index is 2.16. The van der Waals surface area contributed by atoms with Crippen LogP contribution in [0.3, 0.4) is 0 Å². The van der Waals surface area contributed by atoms with Crippen molar-refractivity contribution in [2.75, 3.05) is 7.11 Å². The normalized spacial score (nSPS) is 13.3. The summed E-state index contributed by atoms with van der Waals surface area (Å²) in [5.41, 5.74) is 1.06. The van der Waals surface area contributed by atoms with Crippen LogP contribution in [0.25, 0.3) is 0 Å². The lowest BCUT2D eigenvalue weighted by molar-refractivity contribution is 0.418. The maximum absolute atomic E-state index is 14.1. The van der Waals surface area contributed by atoms with Gasteiger partial charge in [-0.05, 0) is 17.7 Å². The molecule has 116 valence electrons. The molecule has 3 rings (SSSR count). The summed E-state index contributed by atoms with van der Waals surface area (Å²) in [6.45, 7) is 0. The van der Waals surface area contributed by atoms with Crippen molar-refractivity contribution in [2.45, 2.75) is 6.16 Å². The third-order valence-corrected chi connectivity index (χ3v) is 6.99. The van der Waals surface area contributed by atoms with Gasteiger partial charge in [0.1, 0.15) is 5.75 Å². The number of methoxy groups -OCH3 is 1. The molecule has 3 heteroatoms. The molecule has 0 saturated heterocycles. The molecule has 0 aromatic heterocycles. The zero-order chi connectivity index (χ0) is 16.1. The van der Waals surface area contributed by atoms with Crippen LogP contribution in [0.5, 0.6) is 5.75 Å². The van der Waals surface area contributed by atoms with E-state index in [-0.39, 0.29) is 0 Å². The van der Waals surface area contributed by atoms with E-state index in [1.807, 2.05) is 84.9 Å². The maximum Gasteiger partial charge on any atom is 0.151 e. The average Bonchev–Trinajstić information content (AvgIpc) is 2.63. The predicted octanol–water partition coefficient (Wildman–Crippen LogP) is 4.21. The Kier molecular flexibility index (Phi) is 4.64. The lowest BCUT2D eigenvalue weighted by Crippen LogP contribution is -2.19. The van der Waals surface area contributed by atoms with Crippen molar-refractivity contribution in [3.05, 3.63) is 90.5 Å². The van der Waals surface area contributed by atoms with Gasteiger partial charge in [-0.25, -0.2) is 0 Å². The molecule has 0 fully saturated rings. The highest BCUT2D eigenvalue weighted by Crippen LogP contribution is 2.49. The first-order valence-corrected chi connectivity index (χ1v) is 9.45. The summed E-state index contributed by atoms with van der Waals surface area (Å²) in [5, 5.41) is 1.63. The molecule has 0 amide bonds. The van der Waals surface area contributed by atoms with Crippen molar-refractivity contribution in [2.24, 2.45) is 0 Å². The third-order valence-electron chi connectivity index (χ3n) is 3.90. The number of benzene rings is 3. The minimum absolute atomic E-state index is 0.484. The molecule has 0 bridgehead atoms. The van der Waals surface area contributed by atoms with E-state index < -0.39 is 7.14 Å². The lowest BCUT2D eigenvalue weighted by atomic mass is 10.2. The van der Waals surface area contributed by atoms with Gasteiger partial charge in [0.2, 0.25) is 0 Å². The van der Waals surface area contributed by atoms with Crippen LogP contribution < -0.4 is 15.3 Å². The van der Waals surface area contributed by atoms with Gasteiger partial charge in [0, 0.05) is 11.5 Å². The molecular weight excluding hydrogens is 303 g/mol. The molecule has 1 atom stereocenters. The van der Waals surface area contributed by atoms with Crippen molar-refractivity contribution >= 4 is 17.8 Å². The fourth-order valence-electron chi connectivity index (χ4n) is 2.75. The monoisotopic (exact) mass is 322 g/mol. The van der Waals surface area contributed by atoms with Gasteiger partial charge in [-0.15, -0.1) is 0 Å². The van der Waals surface area contributed by atoms with E-state index in [4.69, 9.17) is 4.74 Å². The van der Waals surface area contributed by atoms with Crippen LogP contribution in [0.15, 0.2) is 84.9 Å². The molecule has 0 aliphatic heterocycles. The number of ether oxygens (including phenoxy) is 1. The summed E-state index contributed by atoms with van der Waals surface area (Å²) in [4.78, 5) is 0. The smallest absolute Gasteiger partial charge is 0.151 e. The van der Waals surface area contributed by atoms with Crippen LogP contribution in [0.1, 0.15) is 5.56 Å². The Hall–Kier alpha value is -2.31. The van der Waals surface area contributed by atoms with E-state index in [0.717, 1.165) is 16.2 Å². The molecule has 2 nitrogen and oxygen atoms in total. The summed E-state index contributed by atoms with van der Waals surface area (Å²) < 4.78 is 19.6. The number of rotatable bonds is 5. The summed E-state index contributed by atoms with van der Waals surface area (Å²) in [7, 11) is -1.20. The van der Waals surface area contributed by atoms with Gasteiger partial charge in [0.25, 0.3) is 0 Å². The molecule has 0 radical (unpaired) electrons.